The lowest BCUT2D eigenvalue weighted by Gasteiger charge is -2.34. The van der Waals surface area contributed by atoms with Crippen molar-refractivity contribution in [3.8, 4) is 6.07 Å². The molecule has 2 atom stereocenters. The smallest absolute Gasteiger partial charge is 0.322 e. The molecule has 0 aromatic rings. The maximum absolute atomic E-state index is 10.9. The molecule has 0 aliphatic carbocycles. The Morgan fingerprint density at radius 3 is 2.12 bits per heavy atom. The number of rotatable bonds is 6. The van der Waals surface area contributed by atoms with E-state index in [4.69, 9.17) is 21.4 Å². The molecule has 0 heterocycles. The third kappa shape index (κ3) is 5.83. The largest absolute Gasteiger partial charge is 0.357 e. The highest BCUT2D eigenvalue weighted by Gasteiger charge is 2.25. The topological polar surface area (TPSA) is 76.4 Å². The fourth-order valence-electron chi connectivity index (χ4n) is 1.73. The molecule has 16 heavy (non-hydrogen) atoms. The van der Waals surface area contributed by atoms with Crippen LogP contribution < -0.4 is 5.09 Å². The van der Waals surface area contributed by atoms with Crippen molar-refractivity contribution in [2.75, 3.05) is 6.54 Å². The van der Waals surface area contributed by atoms with Crippen LogP contribution in [0.2, 0.25) is 0 Å². The molecule has 0 aromatic heterocycles. The minimum atomic E-state index is -3.79. The molecule has 7 heteroatoms. The third-order valence-electron chi connectivity index (χ3n) is 2.18. The van der Waals surface area contributed by atoms with E-state index in [0.717, 1.165) is 0 Å². The minimum Gasteiger partial charge on any atom is -0.322 e. The molecule has 0 amide bonds. The zero-order valence-electron chi connectivity index (χ0n) is 10.0. The van der Waals surface area contributed by atoms with Crippen molar-refractivity contribution in [3.05, 3.63) is 0 Å². The van der Waals surface area contributed by atoms with Gasteiger partial charge in [-0.1, -0.05) is 0 Å². The standard InChI is InChI=1S/C9H19ClN3O2P/c1-7(2)13(8(3)4)9(5-11)6-12-16(10,14)15/h7-9H,6H2,1-4H3,(H2,12,14,15). The number of halogens is 1. The summed E-state index contributed by atoms with van der Waals surface area (Å²) in [7, 11) is 0. The molecule has 0 spiro atoms. The van der Waals surface area contributed by atoms with E-state index in [2.05, 4.69) is 11.2 Å². The van der Waals surface area contributed by atoms with Gasteiger partial charge in [-0.05, 0) is 38.9 Å². The number of nitrogens with zero attached hydrogens (tertiary/aromatic N) is 2. The second-order valence-corrected chi connectivity index (χ2v) is 6.84. The van der Waals surface area contributed by atoms with Gasteiger partial charge < -0.3 is 4.89 Å². The molecule has 94 valence electrons. The Kier molecular flexibility index (Phi) is 6.54. The SMILES string of the molecule is CC(C)N(C(C)C)C(C#N)CNP(=O)(O)Cl. The van der Waals surface area contributed by atoms with Crippen LogP contribution >= 0.6 is 18.1 Å². The highest BCUT2D eigenvalue weighted by molar-refractivity contribution is 7.82. The summed E-state index contributed by atoms with van der Waals surface area (Å²) in [5.41, 5.74) is 0. The zero-order chi connectivity index (χ0) is 12.9. The van der Waals surface area contributed by atoms with Gasteiger partial charge in [-0.3, -0.25) is 9.46 Å². The van der Waals surface area contributed by atoms with Gasteiger partial charge in [0.05, 0.1) is 6.07 Å². The van der Waals surface area contributed by atoms with Gasteiger partial charge in [0.1, 0.15) is 6.04 Å². The van der Waals surface area contributed by atoms with E-state index in [0.29, 0.717) is 0 Å². The van der Waals surface area contributed by atoms with Crippen LogP contribution in [0, 0.1) is 11.3 Å². The maximum Gasteiger partial charge on any atom is 0.357 e. The van der Waals surface area contributed by atoms with Crippen LogP contribution in [0.5, 0.6) is 0 Å². The number of nitriles is 1. The van der Waals surface area contributed by atoms with E-state index in [1.165, 1.54) is 0 Å². The molecule has 0 saturated heterocycles. The first-order valence-corrected chi connectivity index (χ1v) is 7.70. The highest BCUT2D eigenvalue weighted by atomic mass is 35.7. The average molecular weight is 268 g/mol. The first-order valence-electron chi connectivity index (χ1n) is 5.13. The van der Waals surface area contributed by atoms with Gasteiger partial charge in [-0.15, -0.1) is 0 Å². The Morgan fingerprint density at radius 1 is 1.44 bits per heavy atom. The molecule has 2 unspecified atom stereocenters. The average Bonchev–Trinajstić information content (AvgIpc) is 2.08. The van der Waals surface area contributed by atoms with Crippen LogP contribution in [0.25, 0.3) is 0 Å². The molecule has 0 aromatic carbocycles. The maximum atomic E-state index is 10.9. The molecule has 0 bridgehead atoms. The third-order valence-corrected chi connectivity index (χ3v) is 3.11. The van der Waals surface area contributed by atoms with Crippen molar-refractivity contribution in [1.82, 2.24) is 9.99 Å². The molecule has 0 saturated carbocycles. The van der Waals surface area contributed by atoms with Gasteiger partial charge in [0.2, 0.25) is 0 Å². The second kappa shape index (κ2) is 6.58. The van der Waals surface area contributed by atoms with Crippen LogP contribution in [0.15, 0.2) is 0 Å². The Morgan fingerprint density at radius 2 is 1.88 bits per heavy atom. The van der Waals surface area contributed by atoms with E-state index < -0.39 is 12.9 Å². The van der Waals surface area contributed by atoms with Crippen molar-refractivity contribution in [3.63, 3.8) is 0 Å². The van der Waals surface area contributed by atoms with E-state index >= 15 is 0 Å². The van der Waals surface area contributed by atoms with Crippen molar-refractivity contribution in [2.24, 2.45) is 0 Å². The van der Waals surface area contributed by atoms with Gasteiger partial charge in [-0.25, -0.2) is 5.09 Å². The van der Waals surface area contributed by atoms with E-state index in [1.807, 2.05) is 32.6 Å². The molecule has 0 fully saturated rings. The lowest BCUT2D eigenvalue weighted by Crippen LogP contribution is -2.48. The molecule has 5 nitrogen and oxygen atoms in total. The highest BCUT2D eigenvalue weighted by Crippen LogP contribution is 2.40. The van der Waals surface area contributed by atoms with Gasteiger partial charge in [-0.2, -0.15) is 5.26 Å². The van der Waals surface area contributed by atoms with Gasteiger partial charge in [0.25, 0.3) is 0 Å². The van der Waals surface area contributed by atoms with Gasteiger partial charge >= 0.3 is 6.87 Å². The summed E-state index contributed by atoms with van der Waals surface area (Å²) in [6.45, 7) is 4.19. The lowest BCUT2D eigenvalue weighted by atomic mass is 10.1. The van der Waals surface area contributed by atoms with Crippen molar-refractivity contribution in [2.45, 2.75) is 45.8 Å². The van der Waals surface area contributed by atoms with Crippen molar-refractivity contribution < 1.29 is 9.46 Å². The molecule has 0 aliphatic rings. The lowest BCUT2D eigenvalue weighted by molar-refractivity contribution is 0.143. The molecule has 2 N–H and O–H groups in total. The monoisotopic (exact) mass is 267 g/mol. The predicted octanol–water partition coefficient (Wildman–Crippen LogP) is 1.93. The van der Waals surface area contributed by atoms with Crippen LogP contribution in [-0.2, 0) is 4.57 Å². The fraction of sp³-hybridized carbons (Fsp3) is 0.889. The van der Waals surface area contributed by atoms with E-state index in [1.54, 1.807) is 0 Å². The van der Waals surface area contributed by atoms with Crippen LogP contribution in [0.1, 0.15) is 27.7 Å². The Labute approximate surface area is 102 Å². The number of nitrogens with one attached hydrogen (secondary N) is 1. The van der Waals surface area contributed by atoms with Crippen LogP contribution in [0.3, 0.4) is 0 Å². The fourth-order valence-corrected chi connectivity index (χ4v) is 2.34. The summed E-state index contributed by atoms with van der Waals surface area (Å²) in [6.07, 6.45) is 0. The number of hydrogen-bond acceptors (Lipinski definition) is 3. The quantitative estimate of drug-likeness (QED) is 0.719. The summed E-state index contributed by atoms with van der Waals surface area (Å²) < 4.78 is 10.9. The van der Waals surface area contributed by atoms with Gasteiger partial charge in [0.15, 0.2) is 0 Å². The van der Waals surface area contributed by atoms with Crippen LogP contribution in [0.4, 0.5) is 0 Å². The summed E-state index contributed by atoms with van der Waals surface area (Å²) in [4.78, 5) is 10.9. The normalized spacial score (nSPS) is 17.5. The van der Waals surface area contributed by atoms with Crippen molar-refractivity contribution >= 4 is 18.1 Å². The molecular formula is C9H19ClN3O2P. The zero-order valence-corrected chi connectivity index (χ0v) is 11.7. The Hall–Kier alpha value is -0.110. The molecular weight excluding hydrogens is 249 g/mol. The first kappa shape index (κ1) is 15.9. The summed E-state index contributed by atoms with van der Waals surface area (Å²) in [6, 6.07) is 2.00. The van der Waals surface area contributed by atoms with Crippen molar-refractivity contribution in [1.29, 1.82) is 5.26 Å². The predicted molar refractivity (Wildman–Crippen MR) is 65.2 cm³/mol. The number of hydrogen-bond donors (Lipinski definition) is 2. The summed E-state index contributed by atoms with van der Waals surface area (Å²) >= 11 is 5.17. The molecule has 0 rings (SSSR count). The first-order chi connectivity index (χ1) is 7.19. The second-order valence-electron chi connectivity index (χ2n) is 4.14. The van der Waals surface area contributed by atoms with Crippen LogP contribution in [-0.4, -0.2) is 34.5 Å². The molecule has 0 aliphatic heterocycles. The summed E-state index contributed by atoms with van der Waals surface area (Å²) in [5.74, 6) is 0. The minimum absolute atomic E-state index is 0.0735. The molecule has 0 radical (unpaired) electrons. The van der Waals surface area contributed by atoms with E-state index in [9.17, 15) is 4.57 Å². The van der Waals surface area contributed by atoms with Gasteiger partial charge in [0, 0.05) is 18.6 Å². The Balaban J connectivity index is 4.59. The Bertz CT molecular complexity index is 290. The summed E-state index contributed by atoms with van der Waals surface area (Å²) in [5, 5.41) is 11.3. The van der Waals surface area contributed by atoms with E-state index in [-0.39, 0.29) is 18.6 Å².